The van der Waals surface area contributed by atoms with E-state index in [0.29, 0.717) is 0 Å². The zero-order chi connectivity index (χ0) is 13.5. The average molecular weight is 257 g/mol. The molecule has 0 fully saturated rings. The van der Waals surface area contributed by atoms with E-state index in [2.05, 4.69) is 54.7 Å². The number of rotatable bonds is 7. The van der Waals surface area contributed by atoms with Crippen molar-refractivity contribution in [1.82, 2.24) is 5.32 Å². The van der Waals surface area contributed by atoms with Crippen LogP contribution in [0.25, 0.3) is 10.8 Å². The van der Waals surface area contributed by atoms with Crippen LogP contribution in [0.2, 0.25) is 0 Å². The molecule has 2 aromatic carbocycles. The van der Waals surface area contributed by atoms with Crippen molar-refractivity contribution in [2.75, 3.05) is 20.3 Å². The third kappa shape index (κ3) is 3.79. The normalized spacial score (nSPS) is 12.7. The van der Waals surface area contributed by atoms with Gasteiger partial charge >= 0.3 is 0 Å². The first-order valence-electron chi connectivity index (χ1n) is 7.09. The first-order valence-corrected chi connectivity index (χ1v) is 7.09. The molecule has 0 saturated heterocycles. The Balaban J connectivity index is 2.07. The van der Waals surface area contributed by atoms with Gasteiger partial charge in [0.25, 0.3) is 0 Å². The molecule has 102 valence electrons. The van der Waals surface area contributed by atoms with Crippen molar-refractivity contribution in [3.05, 3.63) is 48.0 Å². The Bertz CT molecular complexity index is 509. The van der Waals surface area contributed by atoms with Crippen molar-refractivity contribution in [1.29, 1.82) is 0 Å². The third-order valence-electron chi connectivity index (χ3n) is 3.45. The SMILES string of the molecule is CCCCOCC(NC)c1ccc2ccccc2c1. The highest BCUT2D eigenvalue weighted by atomic mass is 16.5. The molecule has 2 heteroatoms. The largest absolute Gasteiger partial charge is 0.379 e. The summed E-state index contributed by atoms with van der Waals surface area (Å²) in [6, 6.07) is 15.3. The molecule has 0 amide bonds. The maximum absolute atomic E-state index is 5.73. The van der Waals surface area contributed by atoms with Crippen LogP contribution in [0.4, 0.5) is 0 Å². The van der Waals surface area contributed by atoms with E-state index in [1.807, 2.05) is 7.05 Å². The molecule has 2 rings (SSSR count). The molecule has 0 radical (unpaired) electrons. The minimum atomic E-state index is 0.265. The van der Waals surface area contributed by atoms with Crippen LogP contribution < -0.4 is 5.32 Å². The summed E-state index contributed by atoms with van der Waals surface area (Å²) in [5, 5.41) is 5.91. The molecular weight excluding hydrogens is 234 g/mol. The van der Waals surface area contributed by atoms with Crippen LogP contribution >= 0.6 is 0 Å². The predicted molar refractivity (Wildman–Crippen MR) is 81.5 cm³/mol. The van der Waals surface area contributed by atoms with Crippen molar-refractivity contribution in [2.45, 2.75) is 25.8 Å². The summed E-state index contributed by atoms with van der Waals surface area (Å²) in [6.07, 6.45) is 2.31. The lowest BCUT2D eigenvalue weighted by molar-refractivity contribution is 0.111. The molecule has 0 aliphatic heterocycles. The van der Waals surface area contributed by atoms with Gasteiger partial charge in [0.1, 0.15) is 0 Å². The standard InChI is InChI=1S/C17H23NO/c1-3-4-11-19-13-17(18-2)16-10-9-14-7-5-6-8-15(14)12-16/h5-10,12,17-18H,3-4,11,13H2,1-2H3. The van der Waals surface area contributed by atoms with Crippen molar-refractivity contribution in [3.63, 3.8) is 0 Å². The number of fused-ring (bicyclic) bond motifs is 1. The molecule has 0 bridgehead atoms. The summed E-state index contributed by atoms with van der Waals surface area (Å²) < 4.78 is 5.73. The highest BCUT2D eigenvalue weighted by Crippen LogP contribution is 2.20. The smallest absolute Gasteiger partial charge is 0.0661 e. The van der Waals surface area contributed by atoms with Gasteiger partial charge in [0.15, 0.2) is 0 Å². The number of benzene rings is 2. The predicted octanol–water partition coefficient (Wildman–Crippen LogP) is 3.92. The molecule has 0 spiro atoms. The summed E-state index contributed by atoms with van der Waals surface area (Å²) >= 11 is 0. The quantitative estimate of drug-likeness (QED) is 0.759. The highest BCUT2D eigenvalue weighted by molar-refractivity contribution is 5.83. The second-order valence-corrected chi connectivity index (χ2v) is 4.88. The van der Waals surface area contributed by atoms with Gasteiger partial charge in [-0.3, -0.25) is 0 Å². The lowest BCUT2D eigenvalue weighted by Gasteiger charge is -2.17. The van der Waals surface area contributed by atoms with E-state index in [9.17, 15) is 0 Å². The van der Waals surface area contributed by atoms with Crippen molar-refractivity contribution in [2.24, 2.45) is 0 Å². The topological polar surface area (TPSA) is 21.3 Å². The number of unbranched alkanes of at least 4 members (excludes halogenated alkanes) is 1. The van der Waals surface area contributed by atoms with Gasteiger partial charge in [-0.1, -0.05) is 49.7 Å². The Morgan fingerprint density at radius 3 is 2.63 bits per heavy atom. The fourth-order valence-corrected chi connectivity index (χ4v) is 2.22. The zero-order valence-electron chi connectivity index (χ0n) is 11.9. The zero-order valence-corrected chi connectivity index (χ0v) is 11.9. The molecule has 2 nitrogen and oxygen atoms in total. The first kappa shape index (κ1) is 14.0. The Labute approximate surface area is 115 Å². The maximum atomic E-state index is 5.73. The number of hydrogen-bond acceptors (Lipinski definition) is 2. The van der Waals surface area contributed by atoms with Crippen molar-refractivity contribution < 1.29 is 4.74 Å². The van der Waals surface area contributed by atoms with Crippen molar-refractivity contribution in [3.8, 4) is 0 Å². The summed E-state index contributed by atoms with van der Waals surface area (Å²) in [5.74, 6) is 0. The van der Waals surface area contributed by atoms with Crippen LogP contribution in [0.1, 0.15) is 31.4 Å². The third-order valence-corrected chi connectivity index (χ3v) is 3.45. The average Bonchev–Trinajstić information content (AvgIpc) is 2.47. The van der Waals surface area contributed by atoms with E-state index >= 15 is 0 Å². The van der Waals surface area contributed by atoms with Crippen LogP contribution in [0.3, 0.4) is 0 Å². The van der Waals surface area contributed by atoms with Crippen LogP contribution in [-0.4, -0.2) is 20.3 Å². The van der Waals surface area contributed by atoms with Crippen LogP contribution in [0.5, 0.6) is 0 Å². The molecule has 0 aliphatic carbocycles. The minimum absolute atomic E-state index is 0.265. The molecular formula is C17H23NO. The molecule has 19 heavy (non-hydrogen) atoms. The monoisotopic (exact) mass is 257 g/mol. The van der Waals surface area contributed by atoms with Crippen LogP contribution in [0, 0.1) is 0 Å². The lowest BCUT2D eigenvalue weighted by Crippen LogP contribution is -2.22. The molecule has 0 saturated carbocycles. The van der Waals surface area contributed by atoms with Crippen LogP contribution in [-0.2, 0) is 4.74 Å². The fourth-order valence-electron chi connectivity index (χ4n) is 2.22. The molecule has 1 N–H and O–H groups in total. The highest BCUT2D eigenvalue weighted by Gasteiger charge is 2.09. The Hall–Kier alpha value is -1.38. The summed E-state index contributed by atoms with van der Waals surface area (Å²) in [5.41, 5.74) is 1.29. The Morgan fingerprint density at radius 1 is 1.11 bits per heavy atom. The van der Waals surface area contributed by atoms with Crippen LogP contribution in [0.15, 0.2) is 42.5 Å². The summed E-state index contributed by atoms with van der Waals surface area (Å²) in [6.45, 7) is 3.76. The second-order valence-electron chi connectivity index (χ2n) is 4.88. The van der Waals surface area contributed by atoms with E-state index in [0.717, 1.165) is 19.6 Å². The van der Waals surface area contributed by atoms with Gasteiger partial charge in [-0.2, -0.15) is 0 Å². The molecule has 0 aliphatic rings. The molecule has 2 aromatic rings. The minimum Gasteiger partial charge on any atom is -0.379 e. The van der Waals surface area contributed by atoms with Gasteiger partial charge in [0.2, 0.25) is 0 Å². The second kappa shape index (κ2) is 7.27. The summed E-state index contributed by atoms with van der Waals surface area (Å²) in [4.78, 5) is 0. The van der Waals surface area contributed by atoms with Gasteiger partial charge in [-0.25, -0.2) is 0 Å². The van der Waals surface area contributed by atoms with E-state index < -0.39 is 0 Å². The lowest BCUT2D eigenvalue weighted by atomic mass is 10.0. The van der Waals surface area contributed by atoms with Gasteiger partial charge < -0.3 is 10.1 Å². The molecule has 1 atom stereocenters. The molecule has 1 unspecified atom stereocenters. The Morgan fingerprint density at radius 2 is 1.89 bits per heavy atom. The van der Waals surface area contributed by atoms with E-state index in [1.165, 1.54) is 22.8 Å². The number of nitrogens with one attached hydrogen (secondary N) is 1. The van der Waals surface area contributed by atoms with E-state index in [-0.39, 0.29) is 6.04 Å². The van der Waals surface area contributed by atoms with Gasteiger partial charge in [-0.05, 0) is 35.9 Å². The Kier molecular flexibility index (Phi) is 5.37. The maximum Gasteiger partial charge on any atom is 0.0661 e. The van der Waals surface area contributed by atoms with Gasteiger partial charge in [0, 0.05) is 6.61 Å². The fraction of sp³-hybridized carbons (Fsp3) is 0.412. The first-order chi connectivity index (χ1) is 9.35. The van der Waals surface area contributed by atoms with Gasteiger partial charge in [-0.15, -0.1) is 0 Å². The number of ether oxygens (including phenoxy) is 1. The molecule has 0 heterocycles. The summed E-state index contributed by atoms with van der Waals surface area (Å²) in [7, 11) is 1.99. The number of hydrogen-bond donors (Lipinski definition) is 1. The molecule has 0 aromatic heterocycles. The van der Waals surface area contributed by atoms with Gasteiger partial charge in [0.05, 0.1) is 12.6 Å². The van der Waals surface area contributed by atoms with E-state index in [1.54, 1.807) is 0 Å². The van der Waals surface area contributed by atoms with E-state index in [4.69, 9.17) is 4.74 Å². The number of likely N-dealkylation sites (N-methyl/N-ethyl adjacent to an activating group) is 1. The van der Waals surface area contributed by atoms with Crippen molar-refractivity contribution >= 4 is 10.8 Å².